The van der Waals surface area contributed by atoms with Crippen LogP contribution in [0.25, 0.3) is 27.8 Å². The predicted molar refractivity (Wildman–Crippen MR) is 112 cm³/mol. The fourth-order valence-electron chi connectivity index (χ4n) is 4.97. The number of nitrogens with one attached hydrogen (secondary N) is 3. The zero-order valence-corrected chi connectivity index (χ0v) is 16.1. The Morgan fingerprint density at radius 2 is 1.96 bits per heavy atom. The van der Waals surface area contributed by atoms with Crippen LogP contribution < -0.4 is 10.6 Å². The molecule has 4 heterocycles. The Labute approximate surface area is 167 Å². The van der Waals surface area contributed by atoms with Crippen molar-refractivity contribution in [1.82, 2.24) is 24.7 Å². The molecule has 28 heavy (non-hydrogen) atoms. The number of para-hydroxylation sites is 1. The summed E-state index contributed by atoms with van der Waals surface area (Å²) in [5, 5.41) is 8.88. The van der Waals surface area contributed by atoms with Crippen molar-refractivity contribution in [1.29, 1.82) is 0 Å². The lowest BCUT2D eigenvalue weighted by atomic mass is 10.0. The summed E-state index contributed by atoms with van der Waals surface area (Å²) >= 11 is 6.75. The van der Waals surface area contributed by atoms with Gasteiger partial charge in [-0.05, 0) is 43.8 Å². The first-order valence-electron chi connectivity index (χ1n) is 9.84. The highest BCUT2D eigenvalue weighted by Crippen LogP contribution is 2.38. The topological polar surface area (TPSA) is 70.0 Å². The summed E-state index contributed by atoms with van der Waals surface area (Å²) in [5.74, 6) is 2.36. The van der Waals surface area contributed by atoms with Gasteiger partial charge < -0.3 is 15.6 Å². The SMILES string of the molecule is Clc1c(-c2c[nH]c3ccccc23)nc(N[C@H]2C[C@H]3CNC[C@H]3C2)c2nccn12. The van der Waals surface area contributed by atoms with E-state index >= 15 is 0 Å². The summed E-state index contributed by atoms with van der Waals surface area (Å²) < 4.78 is 1.92. The number of hydrogen-bond donors (Lipinski definition) is 3. The third-order valence-corrected chi connectivity index (χ3v) is 6.68. The quantitative estimate of drug-likeness (QED) is 0.494. The Hall–Kier alpha value is -2.57. The van der Waals surface area contributed by atoms with E-state index in [1.54, 1.807) is 6.20 Å². The third-order valence-electron chi connectivity index (χ3n) is 6.32. The van der Waals surface area contributed by atoms with Crippen LogP contribution >= 0.6 is 11.6 Å². The number of fused-ring (bicyclic) bond motifs is 3. The maximum atomic E-state index is 6.75. The molecule has 6 nitrogen and oxygen atoms in total. The Kier molecular flexibility index (Phi) is 3.64. The molecule has 1 aromatic carbocycles. The van der Waals surface area contributed by atoms with E-state index in [2.05, 4.69) is 32.7 Å². The molecule has 1 saturated heterocycles. The normalized spacial score (nSPS) is 24.2. The summed E-state index contributed by atoms with van der Waals surface area (Å²) in [6.07, 6.45) is 8.02. The third kappa shape index (κ3) is 2.45. The van der Waals surface area contributed by atoms with E-state index in [-0.39, 0.29) is 0 Å². The van der Waals surface area contributed by atoms with Crippen molar-refractivity contribution in [3.05, 3.63) is 48.0 Å². The van der Waals surface area contributed by atoms with Gasteiger partial charge in [0.15, 0.2) is 11.5 Å². The maximum Gasteiger partial charge on any atom is 0.181 e. The van der Waals surface area contributed by atoms with Gasteiger partial charge in [-0.3, -0.25) is 4.40 Å². The number of H-pyrrole nitrogens is 1. The monoisotopic (exact) mass is 392 g/mol. The lowest BCUT2D eigenvalue weighted by Crippen LogP contribution is -2.21. The Morgan fingerprint density at radius 3 is 2.82 bits per heavy atom. The van der Waals surface area contributed by atoms with Crippen LogP contribution in [0.15, 0.2) is 42.9 Å². The van der Waals surface area contributed by atoms with Gasteiger partial charge in [0.25, 0.3) is 0 Å². The molecule has 0 radical (unpaired) electrons. The molecule has 0 amide bonds. The second-order valence-corrected chi connectivity index (χ2v) is 8.32. The molecule has 3 aromatic heterocycles. The number of aromatic amines is 1. The van der Waals surface area contributed by atoms with Crippen LogP contribution in [-0.4, -0.2) is 38.5 Å². The number of imidazole rings is 1. The molecular formula is C21H21ClN6. The van der Waals surface area contributed by atoms with Crippen molar-refractivity contribution >= 4 is 34.0 Å². The average molecular weight is 393 g/mol. The van der Waals surface area contributed by atoms with Gasteiger partial charge in [-0.15, -0.1) is 0 Å². The first-order chi connectivity index (χ1) is 13.8. The van der Waals surface area contributed by atoms with Crippen LogP contribution in [0, 0.1) is 11.8 Å². The van der Waals surface area contributed by atoms with E-state index in [0.29, 0.717) is 11.2 Å². The molecule has 2 aliphatic rings. The number of aromatic nitrogens is 4. The molecule has 7 heteroatoms. The van der Waals surface area contributed by atoms with Crippen molar-refractivity contribution in [2.24, 2.45) is 11.8 Å². The Balaban J connectivity index is 1.45. The molecule has 142 valence electrons. The van der Waals surface area contributed by atoms with Gasteiger partial charge >= 0.3 is 0 Å². The van der Waals surface area contributed by atoms with E-state index in [0.717, 1.165) is 58.6 Å². The molecule has 3 N–H and O–H groups in total. The van der Waals surface area contributed by atoms with Crippen LogP contribution in [0.1, 0.15) is 12.8 Å². The van der Waals surface area contributed by atoms with Crippen molar-refractivity contribution < 1.29 is 0 Å². The standard InChI is InChI=1S/C21H21ClN6/c22-19-18(16-11-25-17-4-2-1-3-15(16)17)27-20(21-24-5-6-28(19)21)26-14-7-12-9-23-10-13(12)8-14/h1-6,11-14,23,25H,7-10H2,(H,26,27)/t12-,13+,14-. The van der Waals surface area contributed by atoms with Gasteiger partial charge in [0.1, 0.15) is 10.8 Å². The highest BCUT2D eigenvalue weighted by atomic mass is 35.5. The minimum atomic E-state index is 0.432. The average Bonchev–Trinajstić information content (AvgIpc) is 3.46. The van der Waals surface area contributed by atoms with E-state index in [4.69, 9.17) is 16.6 Å². The summed E-state index contributed by atoms with van der Waals surface area (Å²) in [7, 11) is 0. The van der Waals surface area contributed by atoms with Crippen LogP contribution in [0.4, 0.5) is 5.82 Å². The minimum absolute atomic E-state index is 0.432. The largest absolute Gasteiger partial charge is 0.364 e. The summed E-state index contributed by atoms with van der Waals surface area (Å²) in [4.78, 5) is 12.8. The van der Waals surface area contributed by atoms with Gasteiger partial charge in [0, 0.05) is 41.1 Å². The Morgan fingerprint density at radius 1 is 1.14 bits per heavy atom. The lowest BCUT2D eigenvalue weighted by Gasteiger charge is -2.17. The zero-order valence-electron chi connectivity index (χ0n) is 15.3. The predicted octanol–water partition coefficient (Wildman–Crippen LogP) is 3.94. The van der Waals surface area contributed by atoms with Crippen molar-refractivity contribution in [3.63, 3.8) is 0 Å². The molecule has 0 unspecified atom stereocenters. The molecular weight excluding hydrogens is 372 g/mol. The molecule has 2 fully saturated rings. The first kappa shape index (κ1) is 16.4. The molecule has 1 aliphatic carbocycles. The van der Waals surface area contributed by atoms with Crippen LogP contribution in [0.3, 0.4) is 0 Å². The summed E-state index contributed by atoms with van der Waals surface area (Å²) in [6.45, 7) is 2.27. The number of rotatable bonds is 3. The molecule has 6 rings (SSSR count). The van der Waals surface area contributed by atoms with Crippen LogP contribution in [0.5, 0.6) is 0 Å². The number of hydrogen-bond acceptors (Lipinski definition) is 4. The molecule has 0 bridgehead atoms. The number of anilines is 1. The highest BCUT2D eigenvalue weighted by molar-refractivity contribution is 6.32. The lowest BCUT2D eigenvalue weighted by molar-refractivity contribution is 0.494. The van der Waals surface area contributed by atoms with E-state index < -0.39 is 0 Å². The van der Waals surface area contributed by atoms with Gasteiger partial charge in [-0.2, -0.15) is 0 Å². The molecule has 4 aromatic rings. The smallest absolute Gasteiger partial charge is 0.181 e. The number of nitrogens with zero attached hydrogens (tertiary/aromatic N) is 3. The first-order valence-corrected chi connectivity index (χ1v) is 10.2. The van der Waals surface area contributed by atoms with E-state index in [1.165, 1.54) is 12.8 Å². The van der Waals surface area contributed by atoms with E-state index in [9.17, 15) is 0 Å². The highest BCUT2D eigenvalue weighted by Gasteiger charge is 2.37. The van der Waals surface area contributed by atoms with Crippen LogP contribution in [0.2, 0.25) is 5.15 Å². The fourth-order valence-corrected chi connectivity index (χ4v) is 5.25. The second-order valence-electron chi connectivity index (χ2n) is 7.96. The van der Waals surface area contributed by atoms with Gasteiger partial charge in [-0.1, -0.05) is 29.8 Å². The summed E-state index contributed by atoms with van der Waals surface area (Å²) in [6, 6.07) is 8.65. The second kappa shape index (κ2) is 6.22. The maximum absolute atomic E-state index is 6.75. The minimum Gasteiger partial charge on any atom is -0.364 e. The number of halogens is 1. The van der Waals surface area contributed by atoms with E-state index in [1.807, 2.05) is 28.9 Å². The van der Waals surface area contributed by atoms with Gasteiger partial charge in [0.2, 0.25) is 0 Å². The molecule has 1 aliphatic heterocycles. The van der Waals surface area contributed by atoms with Crippen LogP contribution in [-0.2, 0) is 0 Å². The Bertz CT molecular complexity index is 1170. The fraction of sp³-hybridized carbons (Fsp3) is 0.333. The molecule has 3 atom stereocenters. The van der Waals surface area contributed by atoms with Gasteiger partial charge in [-0.25, -0.2) is 9.97 Å². The van der Waals surface area contributed by atoms with Crippen molar-refractivity contribution in [2.75, 3.05) is 18.4 Å². The zero-order chi connectivity index (χ0) is 18.7. The van der Waals surface area contributed by atoms with Crippen molar-refractivity contribution in [3.8, 4) is 11.3 Å². The summed E-state index contributed by atoms with van der Waals surface area (Å²) in [5.41, 5.74) is 3.63. The molecule has 0 spiro atoms. The van der Waals surface area contributed by atoms with Gasteiger partial charge in [0.05, 0.1) is 0 Å². The van der Waals surface area contributed by atoms with Crippen molar-refractivity contribution in [2.45, 2.75) is 18.9 Å². The number of benzene rings is 1. The molecule has 1 saturated carbocycles.